The number of rotatable bonds is 19. The van der Waals surface area contributed by atoms with E-state index in [-0.39, 0.29) is 5.91 Å². The molecule has 0 saturated carbocycles. The second-order valence-electron chi connectivity index (χ2n) is 7.58. The topological polar surface area (TPSA) is 29.1 Å². The second-order valence-corrected chi connectivity index (χ2v) is 7.58. The SMILES string of the molecule is C=C[C@H](CCCC)CC(=O)NCCCCCCCCCCCCCC. The van der Waals surface area contributed by atoms with E-state index >= 15 is 0 Å². The molecule has 1 amide bonds. The van der Waals surface area contributed by atoms with E-state index in [4.69, 9.17) is 0 Å². The molecule has 25 heavy (non-hydrogen) atoms. The van der Waals surface area contributed by atoms with Crippen LogP contribution in [0.1, 0.15) is 117 Å². The molecule has 0 unspecified atom stereocenters. The Morgan fingerprint density at radius 2 is 1.28 bits per heavy atom. The molecule has 2 heteroatoms. The summed E-state index contributed by atoms with van der Waals surface area (Å²) in [7, 11) is 0. The molecular weight excluding hydrogens is 306 g/mol. The molecular formula is C23H45NO. The average molecular weight is 352 g/mol. The fourth-order valence-corrected chi connectivity index (χ4v) is 3.27. The number of hydrogen-bond acceptors (Lipinski definition) is 1. The van der Waals surface area contributed by atoms with Gasteiger partial charge in [-0.05, 0) is 18.8 Å². The fraction of sp³-hybridized carbons (Fsp3) is 0.870. The van der Waals surface area contributed by atoms with Gasteiger partial charge in [-0.25, -0.2) is 0 Å². The van der Waals surface area contributed by atoms with Gasteiger partial charge in [-0.1, -0.05) is 103 Å². The van der Waals surface area contributed by atoms with Gasteiger partial charge in [0.25, 0.3) is 0 Å². The molecule has 0 rings (SSSR count). The molecule has 0 aliphatic heterocycles. The molecule has 0 fully saturated rings. The first-order valence-corrected chi connectivity index (χ1v) is 11.1. The van der Waals surface area contributed by atoms with Crippen molar-refractivity contribution in [2.75, 3.05) is 6.54 Å². The van der Waals surface area contributed by atoms with Crippen molar-refractivity contribution >= 4 is 5.91 Å². The first kappa shape index (κ1) is 24.2. The Bertz CT molecular complexity index is 300. The Morgan fingerprint density at radius 1 is 0.800 bits per heavy atom. The minimum atomic E-state index is 0.198. The summed E-state index contributed by atoms with van der Waals surface area (Å²) in [5.41, 5.74) is 0. The Balaban J connectivity index is 3.31. The van der Waals surface area contributed by atoms with Crippen LogP contribution in [0.15, 0.2) is 12.7 Å². The van der Waals surface area contributed by atoms with Crippen molar-refractivity contribution in [1.82, 2.24) is 5.32 Å². The fourth-order valence-electron chi connectivity index (χ4n) is 3.27. The third-order valence-corrected chi connectivity index (χ3v) is 5.06. The molecule has 0 bridgehead atoms. The van der Waals surface area contributed by atoms with E-state index in [2.05, 4.69) is 25.7 Å². The van der Waals surface area contributed by atoms with Gasteiger partial charge < -0.3 is 5.32 Å². The summed E-state index contributed by atoms with van der Waals surface area (Å²) in [6, 6.07) is 0. The van der Waals surface area contributed by atoms with Crippen molar-refractivity contribution in [3.63, 3.8) is 0 Å². The summed E-state index contributed by atoms with van der Waals surface area (Å²) < 4.78 is 0. The first-order chi connectivity index (χ1) is 12.2. The van der Waals surface area contributed by atoms with Crippen LogP contribution in [0.2, 0.25) is 0 Å². The van der Waals surface area contributed by atoms with Crippen LogP contribution < -0.4 is 5.32 Å². The van der Waals surface area contributed by atoms with E-state index in [1.54, 1.807) is 0 Å². The number of nitrogens with one attached hydrogen (secondary N) is 1. The van der Waals surface area contributed by atoms with Crippen LogP contribution >= 0.6 is 0 Å². The van der Waals surface area contributed by atoms with Gasteiger partial charge in [0, 0.05) is 13.0 Å². The molecule has 0 spiro atoms. The van der Waals surface area contributed by atoms with E-state index in [0.717, 1.165) is 19.4 Å². The zero-order valence-electron chi connectivity index (χ0n) is 17.3. The maximum Gasteiger partial charge on any atom is 0.220 e. The molecule has 0 aromatic rings. The van der Waals surface area contributed by atoms with Gasteiger partial charge in [-0.15, -0.1) is 6.58 Å². The van der Waals surface area contributed by atoms with Crippen molar-refractivity contribution in [2.45, 2.75) is 117 Å². The predicted molar refractivity (Wildman–Crippen MR) is 112 cm³/mol. The Kier molecular flexibility index (Phi) is 18.9. The smallest absolute Gasteiger partial charge is 0.220 e. The molecule has 0 aliphatic rings. The minimum Gasteiger partial charge on any atom is -0.356 e. The van der Waals surface area contributed by atoms with E-state index in [9.17, 15) is 4.79 Å². The highest BCUT2D eigenvalue weighted by atomic mass is 16.1. The monoisotopic (exact) mass is 351 g/mol. The summed E-state index contributed by atoms with van der Waals surface area (Å²) in [4.78, 5) is 11.9. The summed E-state index contributed by atoms with van der Waals surface area (Å²) in [6.45, 7) is 9.16. The van der Waals surface area contributed by atoms with Crippen LogP contribution in [0.5, 0.6) is 0 Å². The van der Waals surface area contributed by atoms with Crippen molar-refractivity contribution in [3.8, 4) is 0 Å². The summed E-state index contributed by atoms with van der Waals surface area (Å²) in [5, 5.41) is 3.07. The van der Waals surface area contributed by atoms with Gasteiger partial charge in [-0.3, -0.25) is 4.79 Å². The molecule has 1 atom stereocenters. The Hall–Kier alpha value is -0.790. The van der Waals surface area contributed by atoms with Crippen LogP contribution in [0.3, 0.4) is 0 Å². The molecule has 2 nitrogen and oxygen atoms in total. The van der Waals surface area contributed by atoms with Crippen molar-refractivity contribution in [1.29, 1.82) is 0 Å². The maximum absolute atomic E-state index is 11.9. The Labute approximate surface area is 158 Å². The highest BCUT2D eigenvalue weighted by Crippen LogP contribution is 2.14. The summed E-state index contributed by atoms with van der Waals surface area (Å²) in [6.07, 6.45) is 22.3. The van der Waals surface area contributed by atoms with Gasteiger partial charge in [0.05, 0.1) is 0 Å². The minimum absolute atomic E-state index is 0.198. The Morgan fingerprint density at radius 3 is 1.76 bits per heavy atom. The number of carbonyl (C=O) groups excluding carboxylic acids is 1. The molecule has 0 saturated heterocycles. The number of allylic oxidation sites excluding steroid dienone is 1. The quantitative estimate of drug-likeness (QED) is 0.194. The predicted octanol–water partition coefficient (Wildman–Crippen LogP) is 7.19. The van der Waals surface area contributed by atoms with Crippen molar-refractivity contribution in [3.05, 3.63) is 12.7 Å². The highest BCUT2D eigenvalue weighted by Gasteiger charge is 2.09. The summed E-state index contributed by atoms with van der Waals surface area (Å²) >= 11 is 0. The standard InChI is InChI=1S/C23H45NO/c1-4-7-9-10-11-12-13-14-15-16-17-18-20-24-23(25)21-22(6-3)19-8-5-2/h6,22H,3-5,7-21H2,1-2H3,(H,24,25)/t22-/m1/s1. The third kappa shape index (κ3) is 17.8. The normalized spacial score (nSPS) is 12.1. The number of unbranched alkanes of at least 4 members (excludes halogenated alkanes) is 12. The molecule has 0 aromatic carbocycles. The zero-order chi connectivity index (χ0) is 18.6. The number of amides is 1. The lowest BCUT2D eigenvalue weighted by atomic mass is 9.98. The van der Waals surface area contributed by atoms with E-state index in [0.29, 0.717) is 12.3 Å². The number of hydrogen-bond donors (Lipinski definition) is 1. The van der Waals surface area contributed by atoms with Gasteiger partial charge in [-0.2, -0.15) is 0 Å². The highest BCUT2D eigenvalue weighted by molar-refractivity contribution is 5.76. The van der Waals surface area contributed by atoms with Crippen molar-refractivity contribution < 1.29 is 4.79 Å². The number of carbonyl (C=O) groups is 1. The van der Waals surface area contributed by atoms with E-state index < -0.39 is 0 Å². The second kappa shape index (κ2) is 19.5. The van der Waals surface area contributed by atoms with Gasteiger partial charge in [0.1, 0.15) is 0 Å². The molecule has 0 radical (unpaired) electrons. The maximum atomic E-state index is 11.9. The van der Waals surface area contributed by atoms with Crippen molar-refractivity contribution in [2.24, 2.45) is 5.92 Å². The molecule has 148 valence electrons. The first-order valence-electron chi connectivity index (χ1n) is 11.1. The molecule has 0 aliphatic carbocycles. The van der Waals surface area contributed by atoms with E-state index in [1.807, 2.05) is 6.08 Å². The molecule has 1 N–H and O–H groups in total. The van der Waals surface area contributed by atoms with Crippen LogP contribution in [0.4, 0.5) is 0 Å². The molecule has 0 aromatic heterocycles. The lowest BCUT2D eigenvalue weighted by Crippen LogP contribution is -2.26. The van der Waals surface area contributed by atoms with Crippen LogP contribution in [-0.2, 0) is 4.79 Å². The zero-order valence-corrected chi connectivity index (χ0v) is 17.3. The third-order valence-electron chi connectivity index (χ3n) is 5.06. The van der Waals surface area contributed by atoms with Gasteiger partial charge in [0.2, 0.25) is 5.91 Å². The lowest BCUT2D eigenvalue weighted by molar-refractivity contribution is -0.121. The summed E-state index contributed by atoms with van der Waals surface area (Å²) in [5.74, 6) is 0.547. The van der Waals surface area contributed by atoms with Crippen LogP contribution in [-0.4, -0.2) is 12.5 Å². The van der Waals surface area contributed by atoms with E-state index in [1.165, 1.54) is 83.5 Å². The van der Waals surface area contributed by atoms with Crippen LogP contribution in [0.25, 0.3) is 0 Å². The average Bonchev–Trinajstić information content (AvgIpc) is 2.62. The molecule has 0 heterocycles. The van der Waals surface area contributed by atoms with Gasteiger partial charge >= 0.3 is 0 Å². The lowest BCUT2D eigenvalue weighted by Gasteiger charge is -2.12. The van der Waals surface area contributed by atoms with Crippen LogP contribution in [0, 0.1) is 5.92 Å². The largest absolute Gasteiger partial charge is 0.356 e. The van der Waals surface area contributed by atoms with Gasteiger partial charge in [0.15, 0.2) is 0 Å².